The summed E-state index contributed by atoms with van der Waals surface area (Å²) in [5.74, 6) is 0.152. The summed E-state index contributed by atoms with van der Waals surface area (Å²) in [5, 5.41) is 2.93. The van der Waals surface area contributed by atoms with E-state index in [0.717, 1.165) is 38.9 Å². The number of hydrogen-bond acceptors (Lipinski definition) is 4. The Balaban J connectivity index is 3.54. The maximum Gasteiger partial charge on any atom is 0.220 e. The quantitative estimate of drug-likeness (QED) is 0.443. The van der Waals surface area contributed by atoms with Crippen molar-refractivity contribution in [3.63, 3.8) is 0 Å². The van der Waals surface area contributed by atoms with Crippen molar-refractivity contribution in [1.29, 1.82) is 0 Å². The second kappa shape index (κ2) is 11.8. The Morgan fingerprint density at radius 3 is 2.29 bits per heavy atom. The van der Waals surface area contributed by atoms with E-state index >= 15 is 0 Å². The van der Waals surface area contributed by atoms with Crippen molar-refractivity contribution in [2.45, 2.75) is 32.6 Å². The van der Waals surface area contributed by atoms with Crippen molar-refractivity contribution in [3.8, 4) is 0 Å². The van der Waals surface area contributed by atoms with Crippen LogP contribution < -0.4 is 16.8 Å². The topological polar surface area (TPSA) is 84.4 Å². The molecular weight excluding hydrogens is 216 g/mol. The van der Waals surface area contributed by atoms with Crippen LogP contribution in [0.2, 0.25) is 0 Å². The van der Waals surface area contributed by atoms with Gasteiger partial charge in [0, 0.05) is 45.7 Å². The molecule has 0 aliphatic rings. The van der Waals surface area contributed by atoms with Gasteiger partial charge in [-0.2, -0.15) is 0 Å². The summed E-state index contributed by atoms with van der Waals surface area (Å²) in [4.78, 5) is 13.6. The molecule has 0 fully saturated rings. The minimum atomic E-state index is 0.152. The van der Waals surface area contributed by atoms with Gasteiger partial charge in [-0.3, -0.25) is 9.69 Å². The van der Waals surface area contributed by atoms with Crippen molar-refractivity contribution in [2.24, 2.45) is 11.5 Å². The third-order valence-electron chi connectivity index (χ3n) is 2.65. The molecule has 0 aromatic rings. The van der Waals surface area contributed by atoms with Gasteiger partial charge in [-0.15, -0.1) is 0 Å². The Bertz CT molecular complexity index is 181. The predicted molar refractivity (Wildman–Crippen MR) is 71.7 cm³/mol. The van der Waals surface area contributed by atoms with Crippen LogP contribution in [0.1, 0.15) is 32.6 Å². The molecule has 5 nitrogen and oxygen atoms in total. The molecule has 1 amide bonds. The highest BCUT2D eigenvalue weighted by atomic mass is 16.1. The van der Waals surface area contributed by atoms with E-state index in [1.54, 1.807) is 0 Å². The van der Waals surface area contributed by atoms with E-state index in [2.05, 4.69) is 17.1 Å². The number of hydrogen-bond donors (Lipinski definition) is 3. The van der Waals surface area contributed by atoms with Crippen LogP contribution in [0.3, 0.4) is 0 Å². The summed E-state index contributed by atoms with van der Waals surface area (Å²) >= 11 is 0. The predicted octanol–water partition coefficient (Wildman–Crippen LogP) is -0.0977. The Kier molecular flexibility index (Phi) is 11.4. The summed E-state index contributed by atoms with van der Waals surface area (Å²) in [6, 6.07) is 0. The standard InChI is InChI=1S/C12H28N4O/c1-2-3-4-5-12(17)15-8-11-16(9-6-13)10-7-14/h2-11,13-14H2,1H3,(H,15,17). The van der Waals surface area contributed by atoms with Crippen LogP contribution >= 0.6 is 0 Å². The minimum absolute atomic E-state index is 0.152. The minimum Gasteiger partial charge on any atom is -0.355 e. The lowest BCUT2D eigenvalue weighted by Gasteiger charge is -2.20. The van der Waals surface area contributed by atoms with Gasteiger partial charge in [0.2, 0.25) is 5.91 Å². The molecule has 0 spiro atoms. The largest absolute Gasteiger partial charge is 0.355 e. The molecule has 0 rings (SSSR count). The monoisotopic (exact) mass is 244 g/mol. The van der Waals surface area contributed by atoms with Crippen LogP contribution in [-0.2, 0) is 4.79 Å². The van der Waals surface area contributed by atoms with Gasteiger partial charge < -0.3 is 16.8 Å². The van der Waals surface area contributed by atoms with Crippen LogP contribution in [0, 0.1) is 0 Å². The molecule has 0 bridgehead atoms. The van der Waals surface area contributed by atoms with E-state index in [9.17, 15) is 4.79 Å². The molecule has 102 valence electrons. The van der Waals surface area contributed by atoms with Crippen molar-refractivity contribution in [1.82, 2.24) is 10.2 Å². The van der Waals surface area contributed by atoms with Crippen molar-refractivity contribution in [2.75, 3.05) is 39.3 Å². The Labute approximate surface area is 105 Å². The highest BCUT2D eigenvalue weighted by molar-refractivity contribution is 5.75. The number of nitrogens with one attached hydrogen (secondary N) is 1. The Morgan fingerprint density at radius 1 is 1.12 bits per heavy atom. The average Bonchev–Trinajstić information content (AvgIpc) is 2.30. The van der Waals surface area contributed by atoms with E-state index in [1.165, 1.54) is 0 Å². The van der Waals surface area contributed by atoms with Crippen LogP contribution in [0.5, 0.6) is 0 Å². The fourth-order valence-corrected chi connectivity index (χ4v) is 1.68. The van der Waals surface area contributed by atoms with Crippen molar-refractivity contribution in [3.05, 3.63) is 0 Å². The van der Waals surface area contributed by atoms with E-state index in [-0.39, 0.29) is 5.91 Å². The van der Waals surface area contributed by atoms with E-state index < -0.39 is 0 Å². The Hall–Kier alpha value is -0.650. The first-order valence-corrected chi connectivity index (χ1v) is 6.63. The number of carbonyl (C=O) groups excluding carboxylic acids is 1. The molecule has 0 aromatic carbocycles. The molecule has 0 aromatic heterocycles. The Morgan fingerprint density at radius 2 is 1.76 bits per heavy atom. The second-order valence-corrected chi connectivity index (χ2v) is 4.23. The molecule has 0 aliphatic heterocycles. The van der Waals surface area contributed by atoms with Crippen LogP contribution in [-0.4, -0.2) is 50.1 Å². The highest BCUT2D eigenvalue weighted by Gasteiger charge is 2.04. The average molecular weight is 244 g/mol. The van der Waals surface area contributed by atoms with E-state index in [0.29, 0.717) is 26.1 Å². The van der Waals surface area contributed by atoms with Gasteiger partial charge in [0.25, 0.3) is 0 Å². The van der Waals surface area contributed by atoms with Gasteiger partial charge >= 0.3 is 0 Å². The molecule has 0 atom stereocenters. The zero-order valence-corrected chi connectivity index (χ0v) is 11.1. The summed E-state index contributed by atoms with van der Waals surface area (Å²) in [6.45, 7) is 6.58. The van der Waals surface area contributed by atoms with Crippen molar-refractivity contribution >= 4 is 5.91 Å². The molecule has 0 radical (unpaired) electrons. The van der Waals surface area contributed by atoms with Gasteiger partial charge in [-0.25, -0.2) is 0 Å². The normalized spacial score (nSPS) is 10.8. The van der Waals surface area contributed by atoms with Gasteiger partial charge in [0.1, 0.15) is 0 Å². The zero-order valence-electron chi connectivity index (χ0n) is 11.1. The number of nitrogens with two attached hydrogens (primary N) is 2. The lowest BCUT2D eigenvalue weighted by Crippen LogP contribution is -2.39. The summed E-state index contributed by atoms with van der Waals surface area (Å²) in [5.41, 5.74) is 11.0. The number of nitrogens with zero attached hydrogens (tertiary/aromatic N) is 1. The van der Waals surface area contributed by atoms with E-state index in [1.807, 2.05) is 0 Å². The third-order valence-corrected chi connectivity index (χ3v) is 2.65. The van der Waals surface area contributed by atoms with Crippen LogP contribution in [0.4, 0.5) is 0 Å². The van der Waals surface area contributed by atoms with Crippen molar-refractivity contribution < 1.29 is 4.79 Å². The molecule has 0 unspecified atom stereocenters. The second-order valence-electron chi connectivity index (χ2n) is 4.23. The fourth-order valence-electron chi connectivity index (χ4n) is 1.68. The lowest BCUT2D eigenvalue weighted by molar-refractivity contribution is -0.121. The number of unbranched alkanes of at least 4 members (excludes halogenated alkanes) is 2. The lowest BCUT2D eigenvalue weighted by atomic mass is 10.2. The number of carbonyl (C=O) groups is 1. The summed E-state index contributed by atoms with van der Waals surface area (Å²) in [6.07, 6.45) is 3.90. The molecule has 17 heavy (non-hydrogen) atoms. The van der Waals surface area contributed by atoms with Gasteiger partial charge in [-0.05, 0) is 6.42 Å². The van der Waals surface area contributed by atoms with Crippen LogP contribution in [0.15, 0.2) is 0 Å². The van der Waals surface area contributed by atoms with Gasteiger partial charge in [-0.1, -0.05) is 19.8 Å². The number of rotatable bonds is 11. The SMILES string of the molecule is CCCCCC(=O)NCCN(CCN)CCN. The van der Waals surface area contributed by atoms with Gasteiger partial charge in [0.15, 0.2) is 0 Å². The molecule has 5 N–H and O–H groups in total. The zero-order chi connectivity index (χ0) is 12.9. The third kappa shape index (κ3) is 10.2. The summed E-state index contributed by atoms with van der Waals surface area (Å²) in [7, 11) is 0. The molecule has 0 aliphatic carbocycles. The smallest absolute Gasteiger partial charge is 0.220 e. The maximum absolute atomic E-state index is 11.4. The van der Waals surface area contributed by atoms with Gasteiger partial charge in [0.05, 0.1) is 0 Å². The highest BCUT2D eigenvalue weighted by Crippen LogP contribution is 1.98. The first kappa shape index (κ1) is 16.4. The molecule has 0 heterocycles. The molecule has 0 saturated carbocycles. The first-order valence-electron chi connectivity index (χ1n) is 6.63. The first-order chi connectivity index (χ1) is 8.24. The fraction of sp³-hybridized carbons (Fsp3) is 0.917. The van der Waals surface area contributed by atoms with E-state index in [4.69, 9.17) is 11.5 Å². The summed E-state index contributed by atoms with van der Waals surface area (Å²) < 4.78 is 0. The molecule has 5 heteroatoms. The molecular formula is C12H28N4O. The number of amides is 1. The maximum atomic E-state index is 11.4. The molecule has 0 saturated heterocycles. The van der Waals surface area contributed by atoms with Crippen LogP contribution in [0.25, 0.3) is 0 Å².